The standard InChI is InChI=1S/C20H28N4O3S/c1-15(17-6-8-18(27-3)9-7-17)12-13-23-20(22-2)24-14-16-4-10-19(11-5-16)28(21,25)26/h4-11,15H,12-14H2,1-3H3,(H2,21,25,26)(H2,22,23,24). The molecule has 0 spiro atoms. The van der Waals surface area contributed by atoms with Crippen molar-refractivity contribution in [3.8, 4) is 5.75 Å². The number of guanidine groups is 1. The molecule has 1 atom stereocenters. The fraction of sp³-hybridized carbons (Fsp3) is 0.350. The first-order valence-corrected chi connectivity index (χ1v) is 10.6. The van der Waals surface area contributed by atoms with E-state index >= 15 is 0 Å². The topological polar surface area (TPSA) is 106 Å². The minimum atomic E-state index is -3.67. The molecule has 28 heavy (non-hydrogen) atoms. The zero-order valence-corrected chi connectivity index (χ0v) is 17.3. The van der Waals surface area contributed by atoms with E-state index in [4.69, 9.17) is 9.88 Å². The predicted molar refractivity (Wildman–Crippen MR) is 112 cm³/mol. The van der Waals surface area contributed by atoms with Crippen LogP contribution in [0.15, 0.2) is 58.4 Å². The van der Waals surface area contributed by atoms with Gasteiger partial charge in [0.1, 0.15) is 5.75 Å². The number of nitrogens with two attached hydrogens (primary N) is 1. The van der Waals surface area contributed by atoms with E-state index in [9.17, 15) is 8.42 Å². The minimum absolute atomic E-state index is 0.103. The zero-order valence-electron chi connectivity index (χ0n) is 16.5. The second-order valence-corrected chi connectivity index (χ2v) is 8.07. The van der Waals surface area contributed by atoms with Crippen molar-refractivity contribution in [3.63, 3.8) is 0 Å². The maximum atomic E-state index is 11.3. The molecule has 0 saturated heterocycles. The van der Waals surface area contributed by atoms with E-state index in [2.05, 4.69) is 34.7 Å². The van der Waals surface area contributed by atoms with Gasteiger partial charge >= 0.3 is 0 Å². The third kappa shape index (κ3) is 6.54. The van der Waals surface area contributed by atoms with E-state index in [0.717, 1.165) is 24.3 Å². The number of benzene rings is 2. The molecule has 0 aliphatic rings. The van der Waals surface area contributed by atoms with Crippen molar-refractivity contribution in [2.24, 2.45) is 10.1 Å². The van der Waals surface area contributed by atoms with Crippen LogP contribution >= 0.6 is 0 Å². The first-order chi connectivity index (χ1) is 13.3. The summed E-state index contributed by atoms with van der Waals surface area (Å²) in [7, 11) is -0.289. The molecular formula is C20H28N4O3S. The Bertz CT molecular complexity index is 879. The Labute approximate surface area is 167 Å². The summed E-state index contributed by atoms with van der Waals surface area (Å²) in [6.45, 7) is 3.49. The largest absolute Gasteiger partial charge is 0.497 e. The Kier molecular flexibility index (Phi) is 7.83. The molecule has 7 nitrogen and oxygen atoms in total. The smallest absolute Gasteiger partial charge is 0.238 e. The third-order valence-corrected chi connectivity index (χ3v) is 5.42. The van der Waals surface area contributed by atoms with Gasteiger partial charge in [0, 0.05) is 20.1 Å². The van der Waals surface area contributed by atoms with Gasteiger partial charge in [-0.25, -0.2) is 13.6 Å². The molecule has 0 aliphatic heterocycles. The van der Waals surface area contributed by atoms with Gasteiger partial charge in [-0.3, -0.25) is 4.99 Å². The van der Waals surface area contributed by atoms with E-state index in [1.54, 1.807) is 26.3 Å². The van der Waals surface area contributed by atoms with Crippen LogP contribution in [0.2, 0.25) is 0 Å². The van der Waals surface area contributed by atoms with Crippen molar-refractivity contribution in [3.05, 3.63) is 59.7 Å². The van der Waals surface area contributed by atoms with Gasteiger partial charge in [0.2, 0.25) is 10.0 Å². The van der Waals surface area contributed by atoms with E-state index in [1.165, 1.54) is 17.7 Å². The van der Waals surface area contributed by atoms with Crippen LogP contribution in [0.1, 0.15) is 30.4 Å². The fourth-order valence-electron chi connectivity index (χ4n) is 2.71. The molecule has 0 heterocycles. The van der Waals surface area contributed by atoms with Crippen LogP contribution in [0.25, 0.3) is 0 Å². The molecule has 152 valence electrons. The van der Waals surface area contributed by atoms with Gasteiger partial charge in [0.05, 0.1) is 12.0 Å². The van der Waals surface area contributed by atoms with Crippen LogP contribution in [0.3, 0.4) is 0 Å². The molecule has 2 aromatic carbocycles. The van der Waals surface area contributed by atoms with Gasteiger partial charge in [0.25, 0.3) is 0 Å². The molecule has 1 unspecified atom stereocenters. The van der Waals surface area contributed by atoms with Crippen LogP contribution in [-0.2, 0) is 16.6 Å². The molecule has 0 amide bonds. The Hall–Kier alpha value is -2.58. The summed E-state index contributed by atoms with van der Waals surface area (Å²) in [5.41, 5.74) is 2.20. The quantitative estimate of drug-likeness (QED) is 0.462. The molecule has 0 bridgehead atoms. The summed E-state index contributed by atoms with van der Waals surface area (Å²) >= 11 is 0. The van der Waals surface area contributed by atoms with Crippen LogP contribution in [0.5, 0.6) is 5.75 Å². The lowest BCUT2D eigenvalue weighted by Crippen LogP contribution is -2.37. The molecular weight excluding hydrogens is 376 g/mol. The average molecular weight is 405 g/mol. The van der Waals surface area contributed by atoms with Crippen molar-refractivity contribution in [2.45, 2.75) is 30.7 Å². The summed E-state index contributed by atoms with van der Waals surface area (Å²) in [6.07, 6.45) is 0.954. The van der Waals surface area contributed by atoms with Crippen molar-refractivity contribution < 1.29 is 13.2 Å². The van der Waals surface area contributed by atoms with Gasteiger partial charge in [-0.05, 0) is 47.7 Å². The number of ether oxygens (including phenoxy) is 1. The van der Waals surface area contributed by atoms with Crippen molar-refractivity contribution in [1.29, 1.82) is 0 Å². The van der Waals surface area contributed by atoms with Gasteiger partial charge in [0.15, 0.2) is 5.96 Å². The third-order valence-electron chi connectivity index (χ3n) is 4.49. The second-order valence-electron chi connectivity index (χ2n) is 6.50. The summed E-state index contributed by atoms with van der Waals surface area (Å²) in [4.78, 5) is 4.32. The summed E-state index contributed by atoms with van der Waals surface area (Å²) < 4.78 is 27.8. The van der Waals surface area contributed by atoms with Crippen LogP contribution < -0.4 is 20.5 Å². The van der Waals surface area contributed by atoms with E-state index in [1.807, 2.05) is 12.1 Å². The molecule has 4 N–H and O–H groups in total. The zero-order chi connectivity index (χ0) is 20.6. The molecule has 2 rings (SSSR count). The normalized spacial score (nSPS) is 13.1. The summed E-state index contributed by atoms with van der Waals surface area (Å²) in [5.74, 6) is 1.95. The lowest BCUT2D eigenvalue weighted by atomic mass is 9.98. The highest BCUT2D eigenvalue weighted by Gasteiger charge is 2.08. The number of rotatable bonds is 8. The lowest BCUT2D eigenvalue weighted by molar-refractivity contribution is 0.414. The molecule has 0 radical (unpaired) electrons. The average Bonchev–Trinajstić information content (AvgIpc) is 2.70. The molecule has 0 saturated carbocycles. The Morgan fingerprint density at radius 1 is 1.11 bits per heavy atom. The molecule has 2 aromatic rings. The van der Waals surface area contributed by atoms with Gasteiger partial charge < -0.3 is 15.4 Å². The van der Waals surface area contributed by atoms with Gasteiger partial charge in [-0.2, -0.15) is 0 Å². The van der Waals surface area contributed by atoms with Crippen molar-refractivity contribution in [1.82, 2.24) is 10.6 Å². The Morgan fingerprint density at radius 3 is 2.29 bits per heavy atom. The van der Waals surface area contributed by atoms with Crippen LogP contribution in [0.4, 0.5) is 0 Å². The van der Waals surface area contributed by atoms with Crippen LogP contribution in [0, 0.1) is 0 Å². The highest BCUT2D eigenvalue weighted by molar-refractivity contribution is 7.89. The summed E-state index contributed by atoms with van der Waals surface area (Å²) in [6, 6.07) is 14.6. The fourth-order valence-corrected chi connectivity index (χ4v) is 3.23. The van der Waals surface area contributed by atoms with Crippen LogP contribution in [-0.4, -0.2) is 35.1 Å². The summed E-state index contributed by atoms with van der Waals surface area (Å²) in [5, 5.41) is 11.6. The van der Waals surface area contributed by atoms with Crippen molar-refractivity contribution in [2.75, 3.05) is 20.7 Å². The maximum Gasteiger partial charge on any atom is 0.238 e. The molecule has 0 fully saturated rings. The highest BCUT2D eigenvalue weighted by atomic mass is 32.2. The number of hydrogen-bond acceptors (Lipinski definition) is 4. The monoisotopic (exact) mass is 404 g/mol. The maximum absolute atomic E-state index is 11.3. The lowest BCUT2D eigenvalue weighted by Gasteiger charge is -2.15. The number of nitrogens with one attached hydrogen (secondary N) is 2. The van der Waals surface area contributed by atoms with E-state index in [0.29, 0.717) is 18.4 Å². The first-order valence-electron chi connectivity index (χ1n) is 9.03. The number of primary sulfonamides is 1. The van der Waals surface area contributed by atoms with Gasteiger partial charge in [-0.15, -0.1) is 0 Å². The molecule has 8 heteroatoms. The number of nitrogens with zero attached hydrogens (tertiary/aromatic N) is 1. The number of aliphatic imine (C=N–C) groups is 1. The number of hydrogen-bond donors (Lipinski definition) is 3. The van der Waals surface area contributed by atoms with Gasteiger partial charge in [-0.1, -0.05) is 31.2 Å². The highest BCUT2D eigenvalue weighted by Crippen LogP contribution is 2.21. The van der Waals surface area contributed by atoms with E-state index in [-0.39, 0.29) is 4.90 Å². The Morgan fingerprint density at radius 2 is 1.75 bits per heavy atom. The predicted octanol–water partition coefficient (Wildman–Crippen LogP) is 2.20. The Balaban J connectivity index is 1.79. The molecule has 0 aliphatic carbocycles. The number of sulfonamides is 1. The SMILES string of the molecule is CN=C(NCCC(C)c1ccc(OC)cc1)NCc1ccc(S(N)(=O)=O)cc1. The molecule has 0 aromatic heterocycles. The first kappa shape index (κ1) is 21.7. The van der Waals surface area contributed by atoms with Crippen molar-refractivity contribution >= 4 is 16.0 Å². The minimum Gasteiger partial charge on any atom is -0.497 e. The second kappa shape index (κ2) is 10.1. The number of methoxy groups -OCH3 is 1. The van der Waals surface area contributed by atoms with E-state index < -0.39 is 10.0 Å².